The van der Waals surface area contributed by atoms with Gasteiger partial charge in [0.05, 0.1) is 5.75 Å². The SMILES string of the molecule is CN=C(NCCc1c[nH]c2cc(F)ccc12)NCc1ccc(CS(=O)(=O)NC)cc1.I. The molecule has 0 unspecified atom stereocenters. The van der Waals surface area contributed by atoms with E-state index in [1.165, 1.54) is 19.2 Å². The molecule has 1 aromatic heterocycles. The van der Waals surface area contributed by atoms with E-state index in [1.54, 1.807) is 13.1 Å². The monoisotopic (exact) mass is 559 g/mol. The van der Waals surface area contributed by atoms with Gasteiger partial charge in [-0.1, -0.05) is 24.3 Å². The zero-order valence-electron chi connectivity index (χ0n) is 17.4. The Bertz CT molecular complexity index is 1130. The number of sulfonamides is 1. The summed E-state index contributed by atoms with van der Waals surface area (Å²) >= 11 is 0. The van der Waals surface area contributed by atoms with Crippen LogP contribution in [0.25, 0.3) is 10.9 Å². The molecule has 2 aromatic carbocycles. The van der Waals surface area contributed by atoms with Gasteiger partial charge in [0.15, 0.2) is 5.96 Å². The minimum absolute atomic E-state index is 0. The van der Waals surface area contributed by atoms with Crippen LogP contribution in [0.1, 0.15) is 16.7 Å². The van der Waals surface area contributed by atoms with Crippen molar-refractivity contribution in [2.45, 2.75) is 18.7 Å². The van der Waals surface area contributed by atoms with Gasteiger partial charge in [-0.15, -0.1) is 24.0 Å². The molecular weight excluding hydrogens is 532 g/mol. The molecule has 3 aromatic rings. The van der Waals surface area contributed by atoms with Crippen LogP contribution in [0, 0.1) is 5.82 Å². The molecule has 4 N–H and O–H groups in total. The second kappa shape index (κ2) is 11.4. The molecule has 0 atom stereocenters. The Labute approximate surface area is 199 Å². The molecule has 168 valence electrons. The average molecular weight is 559 g/mol. The predicted octanol–water partition coefficient (Wildman–Crippen LogP) is 2.88. The molecule has 0 radical (unpaired) electrons. The number of rotatable bonds is 8. The van der Waals surface area contributed by atoms with Crippen LogP contribution < -0.4 is 15.4 Å². The van der Waals surface area contributed by atoms with E-state index in [-0.39, 0.29) is 35.5 Å². The predicted molar refractivity (Wildman–Crippen MR) is 134 cm³/mol. The quantitative estimate of drug-likeness (QED) is 0.194. The minimum atomic E-state index is -3.28. The Kier molecular flexibility index (Phi) is 9.26. The Morgan fingerprint density at radius 1 is 1.10 bits per heavy atom. The standard InChI is InChI=1S/C21H26FN5O2S.HI/c1-23-21(25-10-9-17-13-26-20-11-18(22)7-8-19(17)20)27-12-15-3-5-16(6-4-15)14-30(28,29)24-2;/h3-8,11,13,24,26H,9-10,12,14H2,1-2H3,(H2,23,25,27);1H. The first kappa shape index (κ1) is 25.1. The fourth-order valence-electron chi connectivity index (χ4n) is 3.13. The number of aliphatic imine (C=N–C) groups is 1. The first-order chi connectivity index (χ1) is 14.4. The Balaban J connectivity index is 0.00000341. The summed E-state index contributed by atoms with van der Waals surface area (Å²) in [5.74, 6) is 0.374. The van der Waals surface area contributed by atoms with Crippen molar-refractivity contribution in [1.82, 2.24) is 20.3 Å². The first-order valence-electron chi connectivity index (χ1n) is 9.59. The fraction of sp³-hybridized carbons (Fsp3) is 0.286. The van der Waals surface area contributed by atoms with Crippen LogP contribution in [-0.4, -0.2) is 40.0 Å². The van der Waals surface area contributed by atoms with E-state index in [4.69, 9.17) is 0 Å². The van der Waals surface area contributed by atoms with Crippen LogP contribution in [0.15, 0.2) is 53.7 Å². The van der Waals surface area contributed by atoms with E-state index in [2.05, 4.69) is 25.3 Å². The summed E-state index contributed by atoms with van der Waals surface area (Å²) in [4.78, 5) is 7.32. The van der Waals surface area contributed by atoms with Crippen molar-refractivity contribution in [3.63, 3.8) is 0 Å². The molecule has 10 heteroatoms. The van der Waals surface area contributed by atoms with Gasteiger partial charge in [0.2, 0.25) is 10.0 Å². The summed E-state index contributed by atoms with van der Waals surface area (Å²) in [5.41, 5.74) is 3.65. The number of aromatic amines is 1. The summed E-state index contributed by atoms with van der Waals surface area (Å²) in [7, 11) is -0.164. The molecule has 31 heavy (non-hydrogen) atoms. The van der Waals surface area contributed by atoms with Gasteiger partial charge in [0, 0.05) is 37.2 Å². The molecule has 1 heterocycles. The van der Waals surface area contributed by atoms with E-state index in [0.717, 1.165) is 34.0 Å². The van der Waals surface area contributed by atoms with Gasteiger partial charge >= 0.3 is 0 Å². The lowest BCUT2D eigenvalue weighted by molar-refractivity contribution is 0.587. The van der Waals surface area contributed by atoms with E-state index in [1.807, 2.05) is 30.5 Å². The molecule has 0 bridgehead atoms. The maximum Gasteiger partial charge on any atom is 0.215 e. The van der Waals surface area contributed by atoms with Crippen molar-refractivity contribution >= 4 is 50.9 Å². The third-order valence-corrected chi connectivity index (χ3v) is 6.13. The number of fused-ring (bicyclic) bond motifs is 1. The maximum atomic E-state index is 13.3. The Morgan fingerprint density at radius 3 is 2.48 bits per heavy atom. The van der Waals surface area contributed by atoms with Gasteiger partial charge in [0.25, 0.3) is 0 Å². The first-order valence-corrected chi connectivity index (χ1v) is 11.2. The second-order valence-corrected chi connectivity index (χ2v) is 8.81. The van der Waals surface area contributed by atoms with Crippen LogP contribution in [0.3, 0.4) is 0 Å². The number of hydrogen-bond acceptors (Lipinski definition) is 3. The normalized spacial score (nSPS) is 11.9. The van der Waals surface area contributed by atoms with E-state index in [0.29, 0.717) is 19.0 Å². The van der Waals surface area contributed by atoms with Crippen molar-refractivity contribution < 1.29 is 12.8 Å². The third kappa shape index (κ3) is 7.18. The van der Waals surface area contributed by atoms with Gasteiger partial charge in [-0.05, 0) is 48.4 Å². The third-order valence-electron chi connectivity index (χ3n) is 4.79. The molecule has 0 aliphatic heterocycles. The molecule has 0 amide bonds. The summed E-state index contributed by atoms with van der Waals surface area (Å²) in [6, 6.07) is 12.1. The van der Waals surface area contributed by atoms with Crippen molar-refractivity contribution in [3.05, 3.63) is 71.2 Å². The molecule has 0 saturated heterocycles. The number of nitrogens with one attached hydrogen (secondary N) is 4. The zero-order valence-corrected chi connectivity index (χ0v) is 20.6. The maximum absolute atomic E-state index is 13.3. The van der Waals surface area contributed by atoms with Crippen molar-refractivity contribution in [3.8, 4) is 0 Å². The zero-order chi connectivity index (χ0) is 21.6. The summed E-state index contributed by atoms with van der Waals surface area (Å²) in [6.45, 7) is 1.23. The van der Waals surface area contributed by atoms with E-state index < -0.39 is 10.0 Å². The Hall–Kier alpha value is -2.18. The number of guanidine groups is 1. The highest BCUT2D eigenvalue weighted by Gasteiger charge is 2.08. The number of aromatic nitrogens is 1. The lowest BCUT2D eigenvalue weighted by atomic mass is 10.1. The van der Waals surface area contributed by atoms with Crippen LogP contribution in [0.4, 0.5) is 4.39 Å². The van der Waals surface area contributed by atoms with Gasteiger partial charge in [0.1, 0.15) is 5.82 Å². The molecule has 0 aliphatic rings. The van der Waals surface area contributed by atoms with Gasteiger partial charge < -0.3 is 15.6 Å². The molecule has 7 nitrogen and oxygen atoms in total. The molecule has 3 rings (SSSR count). The number of H-pyrrole nitrogens is 1. The average Bonchev–Trinajstić information content (AvgIpc) is 3.13. The highest BCUT2D eigenvalue weighted by Crippen LogP contribution is 2.19. The minimum Gasteiger partial charge on any atom is -0.361 e. The van der Waals surface area contributed by atoms with Crippen molar-refractivity contribution in [1.29, 1.82) is 0 Å². The van der Waals surface area contributed by atoms with Crippen LogP contribution >= 0.6 is 24.0 Å². The smallest absolute Gasteiger partial charge is 0.215 e. The van der Waals surface area contributed by atoms with E-state index >= 15 is 0 Å². The van der Waals surface area contributed by atoms with Crippen LogP contribution in [-0.2, 0) is 28.7 Å². The molecule has 0 aliphatic carbocycles. The molecule has 0 spiro atoms. The van der Waals surface area contributed by atoms with Gasteiger partial charge in [-0.3, -0.25) is 4.99 Å². The lowest BCUT2D eigenvalue weighted by Gasteiger charge is -2.12. The van der Waals surface area contributed by atoms with Gasteiger partial charge in [-0.2, -0.15) is 0 Å². The van der Waals surface area contributed by atoms with Crippen LogP contribution in [0.5, 0.6) is 0 Å². The number of nitrogens with zero attached hydrogens (tertiary/aromatic N) is 1. The topological polar surface area (TPSA) is 98.4 Å². The Morgan fingerprint density at radius 2 is 1.81 bits per heavy atom. The number of hydrogen-bond donors (Lipinski definition) is 4. The fourth-order valence-corrected chi connectivity index (χ4v) is 3.91. The highest BCUT2D eigenvalue weighted by atomic mass is 127. The molecule has 0 fully saturated rings. The molecular formula is C21H27FIN5O2S. The largest absolute Gasteiger partial charge is 0.361 e. The summed E-state index contributed by atoms with van der Waals surface area (Å²) in [5, 5.41) is 7.52. The number of halogens is 2. The number of benzene rings is 2. The van der Waals surface area contributed by atoms with Crippen molar-refractivity contribution in [2.75, 3.05) is 20.6 Å². The summed E-state index contributed by atoms with van der Waals surface area (Å²) < 4.78 is 38.8. The lowest BCUT2D eigenvalue weighted by Crippen LogP contribution is -2.37. The summed E-state index contributed by atoms with van der Waals surface area (Å²) in [6.07, 6.45) is 2.67. The highest BCUT2D eigenvalue weighted by molar-refractivity contribution is 14.0. The van der Waals surface area contributed by atoms with E-state index in [9.17, 15) is 12.8 Å². The molecule has 0 saturated carbocycles. The second-order valence-electron chi connectivity index (χ2n) is 6.89. The van der Waals surface area contributed by atoms with Gasteiger partial charge in [-0.25, -0.2) is 17.5 Å². The van der Waals surface area contributed by atoms with Crippen molar-refractivity contribution in [2.24, 2.45) is 4.99 Å². The van der Waals surface area contributed by atoms with Crippen LogP contribution in [0.2, 0.25) is 0 Å².